The van der Waals surface area contributed by atoms with Crippen LogP contribution >= 0.6 is 27.5 Å². The summed E-state index contributed by atoms with van der Waals surface area (Å²) in [4.78, 5) is 14.1. The predicted molar refractivity (Wildman–Crippen MR) is 73.3 cm³/mol. The third kappa shape index (κ3) is 3.02. The summed E-state index contributed by atoms with van der Waals surface area (Å²) >= 11 is 9.49. The topological polar surface area (TPSA) is 20.3 Å². The minimum absolute atomic E-state index is 0.176. The number of carbonyl (C=O) groups is 1. The van der Waals surface area contributed by atoms with Gasteiger partial charge in [0, 0.05) is 22.1 Å². The smallest absolute Gasteiger partial charge is 0.227 e. The molecule has 0 saturated carbocycles. The molecular weight excluding hydrogens is 302 g/mol. The van der Waals surface area contributed by atoms with Crippen molar-refractivity contribution in [3.8, 4) is 0 Å². The van der Waals surface area contributed by atoms with Crippen LogP contribution in [0.4, 0.5) is 0 Å². The number of amides is 1. The maximum atomic E-state index is 12.1. The molecule has 92 valence electrons. The van der Waals surface area contributed by atoms with Gasteiger partial charge in [-0.3, -0.25) is 4.79 Å². The van der Waals surface area contributed by atoms with Crippen molar-refractivity contribution in [1.82, 2.24) is 4.90 Å². The summed E-state index contributed by atoms with van der Waals surface area (Å²) in [6.07, 6.45) is 2.61. The van der Waals surface area contributed by atoms with Gasteiger partial charge in [-0.15, -0.1) is 0 Å². The lowest BCUT2D eigenvalue weighted by Gasteiger charge is -2.21. The molecule has 0 N–H and O–H groups in total. The minimum atomic E-state index is 0.176. The first-order chi connectivity index (χ1) is 8.08. The standard InChI is InChI=1S/C13H15BrClNO/c1-9-3-2-6-16(9)13(17)8-10-7-11(14)4-5-12(10)15/h4-5,7,9H,2-3,6,8H2,1H3. The summed E-state index contributed by atoms with van der Waals surface area (Å²) in [6, 6.07) is 5.99. The van der Waals surface area contributed by atoms with Crippen LogP contribution in [0.1, 0.15) is 25.3 Å². The van der Waals surface area contributed by atoms with E-state index in [1.165, 1.54) is 0 Å². The van der Waals surface area contributed by atoms with Gasteiger partial charge in [-0.25, -0.2) is 0 Å². The molecule has 0 aromatic heterocycles. The Morgan fingerprint density at radius 2 is 2.35 bits per heavy atom. The van der Waals surface area contributed by atoms with E-state index in [2.05, 4.69) is 22.9 Å². The van der Waals surface area contributed by atoms with Gasteiger partial charge in [0.1, 0.15) is 0 Å². The number of likely N-dealkylation sites (tertiary alicyclic amines) is 1. The van der Waals surface area contributed by atoms with E-state index in [0.717, 1.165) is 29.4 Å². The lowest BCUT2D eigenvalue weighted by Crippen LogP contribution is -2.34. The van der Waals surface area contributed by atoms with Crippen molar-refractivity contribution in [2.24, 2.45) is 0 Å². The fourth-order valence-corrected chi connectivity index (χ4v) is 2.84. The van der Waals surface area contributed by atoms with Gasteiger partial charge in [0.15, 0.2) is 0 Å². The highest BCUT2D eigenvalue weighted by atomic mass is 79.9. The zero-order valence-electron chi connectivity index (χ0n) is 9.75. The van der Waals surface area contributed by atoms with E-state index in [9.17, 15) is 4.79 Å². The van der Waals surface area contributed by atoms with Crippen molar-refractivity contribution in [2.75, 3.05) is 6.54 Å². The second kappa shape index (κ2) is 5.40. The van der Waals surface area contributed by atoms with Crippen molar-refractivity contribution >= 4 is 33.4 Å². The molecule has 1 aliphatic rings. The molecule has 0 spiro atoms. The number of carbonyl (C=O) groups excluding carboxylic acids is 1. The summed E-state index contributed by atoms with van der Waals surface area (Å²) in [6.45, 7) is 2.99. The lowest BCUT2D eigenvalue weighted by molar-refractivity contribution is -0.130. The van der Waals surface area contributed by atoms with Crippen molar-refractivity contribution in [3.63, 3.8) is 0 Å². The van der Waals surface area contributed by atoms with Crippen molar-refractivity contribution in [2.45, 2.75) is 32.2 Å². The molecule has 2 rings (SSSR count). The largest absolute Gasteiger partial charge is 0.340 e. The summed E-state index contributed by atoms with van der Waals surface area (Å²) in [5, 5.41) is 0.661. The third-order valence-corrected chi connectivity index (χ3v) is 4.08. The van der Waals surface area contributed by atoms with Crippen LogP contribution in [-0.4, -0.2) is 23.4 Å². The Bertz CT molecular complexity index is 435. The van der Waals surface area contributed by atoms with Gasteiger partial charge < -0.3 is 4.90 Å². The van der Waals surface area contributed by atoms with Gasteiger partial charge in [-0.1, -0.05) is 27.5 Å². The van der Waals surface area contributed by atoms with E-state index in [0.29, 0.717) is 17.5 Å². The monoisotopic (exact) mass is 315 g/mol. The first-order valence-corrected chi connectivity index (χ1v) is 6.98. The van der Waals surface area contributed by atoms with Crippen LogP contribution in [0.25, 0.3) is 0 Å². The molecule has 2 nitrogen and oxygen atoms in total. The SMILES string of the molecule is CC1CCCN1C(=O)Cc1cc(Br)ccc1Cl. The molecule has 0 aliphatic carbocycles. The van der Waals surface area contributed by atoms with E-state index in [4.69, 9.17) is 11.6 Å². The van der Waals surface area contributed by atoms with E-state index in [-0.39, 0.29) is 5.91 Å². The Hall–Kier alpha value is -0.540. The van der Waals surface area contributed by atoms with E-state index >= 15 is 0 Å². The predicted octanol–water partition coefficient (Wildman–Crippen LogP) is 3.66. The molecule has 0 bridgehead atoms. The Kier molecular flexibility index (Phi) is 4.10. The van der Waals surface area contributed by atoms with Crippen LogP contribution in [0.15, 0.2) is 22.7 Å². The average Bonchev–Trinajstić information content (AvgIpc) is 2.70. The molecule has 1 aromatic rings. The number of halogens is 2. The van der Waals surface area contributed by atoms with Gasteiger partial charge >= 0.3 is 0 Å². The molecule has 0 radical (unpaired) electrons. The summed E-state index contributed by atoms with van der Waals surface area (Å²) in [5.41, 5.74) is 0.894. The summed E-state index contributed by atoms with van der Waals surface area (Å²) in [5.74, 6) is 0.176. The first kappa shape index (κ1) is 12.9. The summed E-state index contributed by atoms with van der Waals surface area (Å²) in [7, 11) is 0. The van der Waals surface area contributed by atoms with Gasteiger partial charge in [0.2, 0.25) is 5.91 Å². The maximum Gasteiger partial charge on any atom is 0.227 e. The quantitative estimate of drug-likeness (QED) is 0.815. The fourth-order valence-electron chi connectivity index (χ4n) is 2.25. The Morgan fingerprint density at radius 1 is 1.59 bits per heavy atom. The molecule has 1 aliphatic heterocycles. The Morgan fingerprint density at radius 3 is 3.00 bits per heavy atom. The van der Waals surface area contributed by atoms with Crippen LogP contribution in [0, 0.1) is 0 Å². The highest BCUT2D eigenvalue weighted by molar-refractivity contribution is 9.10. The lowest BCUT2D eigenvalue weighted by atomic mass is 10.1. The number of hydrogen-bond acceptors (Lipinski definition) is 1. The van der Waals surface area contributed by atoms with Gasteiger partial charge in [0.05, 0.1) is 6.42 Å². The van der Waals surface area contributed by atoms with E-state index < -0.39 is 0 Å². The van der Waals surface area contributed by atoms with E-state index in [1.54, 1.807) is 0 Å². The molecule has 1 unspecified atom stereocenters. The van der Waals surface area contributed by atoms with Crippen LogP contribution in [0.3, 0.4) is 0 Å². The zero-order chi connectivity index (χ0) is 12.4. The fraction of sp³-hybridized carbons (Fsp3) is 0.462. The Labute approximate surface area is 115 Å². The first-order valence-electron chi connectivity index (χ1n) is 5.81. The molecule has 1 saturated heterocycles. The summed E-state index contributed by atoms with van der Waals surface area (Å²) < 4.78 is 0.958. The molecule has 1 aromatic carbocycles. The normalized spacial score (nSPS) is 19.7. The minimum Gasteiger partial charge on any atom is -0.340 e. The molecule has 1 fully saturated rings. The number of hydrogen-bond donors (Lipinski definition) is 0. The average molecular weight is 317 g/mol. The van der Waals surface area contributed by atoms with Crippen LogP contribution < -0.4 is 0 Å². The molecular formula is C13H15BrClNO. The molecule has 1 heterocycles. The zero-order valence-corrected chi connectivity index (χ0v) is 12.1. The van der Waals surface area contributed by atoms with Gasteiger partial charge in [-0.2, -0.15) is 0 Å². The number of nitrogens with zero attached hydrogens (tertiary/aromatic N) is 1. The van der Waals surface area contributed by atoms with Crippen molar-refractivity contribution in [1.29, 1.82) is 0 Å². The third-order valence-electron chi connectivity index (χ3n) is 3.22. The highest BCUT2D eigenvalue weighted by Crippen LogP contribution is 2.23. The number of benzene rings is 1. The van der Waals surface area contributed by atoms with Crippen LogP contribution in [-0.2, 0) is 11.2 Å². The Balaban J connectivity index is 2.10. The van der Waals surface area contributed by atoms with Gasteiger partial charge in [-0.05, 0) is 43.5 Å². The second-order valence-corrected chi connectivity index (χ2v) is 5.81. The van der Waals surface area contributed by atoms with Crippen molar-refractivity contribution in [3.05, 3.63) is 33.3 Å². The maximum absolute atomic E-state index is 12.1. The molecule has 1 atom stereocenters. The van der Waals surface area contributed by atoms with Crippen LogP contribution in [0.2, 0.25) is 5.02 Å². The molecule has 4 heteroatoms. The van der Waals surface area contributed by atoms with Crippen LogP contribution in [0.5, 0.6) is 0 Å². The van der Waals surface area contributed by atoms with Crippen molar-refractivity contribution < 1.29 is 4.79 Å². The van der Waals surface area contributed by atoms with Gasteiger partial charge in [0.25, 0.3) is 0 Å². The molecule has 17 heavy (non-hydrogen) atoms. The van der Waals surface area contributed by atoms with E-state index in [1.807, 2.05) is 23.1 Å². The molecule has 1 amide bonds. The highest BCUT2D eigenvalue weighted by Gasteiger charge is 2.25. The second-order valence-electron chi connectivity index (χ2n) is 4.49. The number of rotatable bonds is 2.